The number of sulfone groups is 1. The van der Waals surface area contributed by atoms with E-state index >= 15 is 0 Å². The Morgan fingerprint density at radius 2 is 2.25 bits per heavy atom. The molecular formula is C9H16N2O4S. The maximum atomic E-state index is 11.5. The van der Waals surface area contributed by atoms with Gasteiger partial charge in [-0.3, -0.25) is 0 Å². The van der Waals surface area contributed by atoms with E-state index in [2.05, 4.69) is 0 Å². The zero-order valence-corrected chi connectivity index (χ0v) is 9.78. The third-order valence-corrected chi connectivity index (χ3v) is 4.85. The molecule has 2 aliphatic rings. The van der Waals surface area contributed by atoms with Crippen LogP contribution in [0.3, 0.4) is 0 Å². The molecule has 2 aliphatic heterocycles. The van der Waals surface area contributed by atoms with Gasteiger partial charge in [-0.05, 0) is 12.8 Å². The van der Waals surface area contributed by atoms with Crippen LogP contribution in [0.1, 0.15) is 12.8 Å². The number of hydrogen-bond donors (Lipinski definition) is 1. The second kappa shape index (κ2) is 4.21. The number of amides is 1. The van der Waals surface area contributed by atoms with Crippen molar-refractivity contribution in [1.29, 1.82) is 0 Å². The average Bonchev–Trinajstić information content (AvgIpc) is 2.58. The van der Waals surface area contributed by atoms with Gasteiger partial charge in [-0.25, -0.2) is 13.2 Å². The first-order valence-electron chi connectivity index (χ1n) is 5.39. The Balaban J connectivity index is 2.05. The van der Waals surface area contributed by atoms with E-state index < -0.39 is 15.9 Å². The predicted molar refractivity (Wildman–Crippen MR) is 57.7 cm³/mol. The molecule has 16 heavy (non-hydrogen) atoms. The molecule has 7 heteroatoms. The lowest BCUT2D eigenvalue weighted by molar-refractivity contribution is 0.130. The van der Waals surface area contributed by atoms with Gasteiger partial charge in [0, 0.05) is 12.6 Å². The lowest BCUT2D eigenvalue weighted by Crippen LogP contribution is -2.44. The number of carbonyl (C=O) groups is 1. The number of rotatable bonds is 2. The minimum atomic E-state index is -3.00. The highest BCUT2D eigenvalue weighted by Gasteiger charge is 2.38. The molecule has 2 atom stereocenters. The van der Waals surface area contributed by atoms with Crippen LogP contribution >= 0.6 is 0 Å². The van der Waals surface area contributed by atoms with Crippen molar-refractivity contribution in [3.8, 4) is 0 Å². The van der Waals surface area contributed by atoms with Crippen LogP contribution in [0.2, 0.25) is 0 Å². The number of cyclic esters (lactones) is 1. The summed E-state index contributed by atoms with van der Waals surface area (Å²) in [5, 5.41) is 0. The fourth-order valence-corrected chi connectivity index (χ4v) is 3.91. The quantitative estimate of drug-likeness (QED) is 0.701. The Bertz CT molecular complexity index is 381. The van der Waals surface area contributed by atoms with Crippen LogP contribution in [0.5, 0.6) is 0 Å². The average molecular weight is 248 g/mol. The topological polar surface area (TPSA) is 89.7 Å². The van der Waals surface area contributed by atoms with Crippen molar-refractivity contribution in [1.82, 2.24) is 4.90 Å². The van der Waals surface area contributed by atoms with E-state index in [9.17, 15) is 13.2 Å². The summed E-state index contributed by atoms with van der Waals surface area (Å²) in [4.78, 5) is 13.0. The lowest BCUT2D eigenvalue weighted by Gasteiger charge is -2.28. The summed E-state index contributed by atoms with van der Waals surface area (Å²) in [7, 11) is -3.00. The van der Waals surface area contributed by atoms with E-state index in [1.165, 1.54) is 4.90 Å². The number of nitrogens with zero attached hydrogens (tertiary/aromatic N) is 1. The van der Waals surface area contributed by atoms with E-state index in [0.717, 1.165) is 6.42 Å². The molecule has 0 saturated carbocycles. The third kappa shape index (κ3) is 2.30. The normalized spacial score (nSPS) is 33.8. The van der Waals surface area contributed by atoms with Crippen molar-refractivity contribution in [3.63, 3.8) is 0 Å². The number of ether oxygens (including phenoxy) is 1. The van der Waals surface area contributed by atoms with Gasteiger partial charge in [0.2, 0.25) is 0 Å². The van der Waals surface area contributed by atoms with Gasteiger partial charge < -0.3 is 15.4 Å². The highest BCUT2D eigenvalue weighted by molar-refractivity contribution is 7.91. The molecule has 2 fully saturated rings. The van der Waals surface area contributed by atoms with Crippen LogP contribution in [0.15, 0.2) is 0 Å². The second-order valence-corrected chi connectivity index (χ2v) is 6.53. The summed E-state index contributed by atoms with van der Waals surface area (Å²) in [6.45, 7) is 0.692. The molecule has 1 unspecified atom stereocenters. The first kappa shape index (κ1) is 11.7. The van der Waals surface area contributed by atoms with Crippen LogP contribution in [0, 0.1) is 0 Å². The Morgan fingerprint density at radius 1 is 1.50 bits per heavy atom. The Kier molecular flexibility index (Phi) is 3.07. The van der Waals surface area contributed by atoms with Gasteiger partial charge in [-0.1, -0.05) is 0 Å². The van der Waals surface area contributed by atoms with Gasteiger partial charge in [-0.15, -0.1) is 0 Å². The number of carbonyl (C=O) groups excluding carboxylic acids is 1. The molecule has 2 N–H and O–H groups in total. The summed E-state index contributed by atoms with van der Waals surface area (Å²) < 4.78 is 28.0. The predicted octanol–water partition coefficient (Wildman–Crippen LogP) is -0.657. The molecule has 2 saturated heterocycles. The van der Waals surface area contributed by atoms with Gasteiger partial charge in [0.15, 0.2) is 9.84 Å². The third-order valence-electron chi connectivity index (χ3n) is 3.04. The van der Waals surface area contributed by atoms with Crippen molar-refractivity contribution < 1.29 is 17.9 Å². The highest BCUT2D eigenvalue weighted by atomic mass is 32.2. The monoisotopic (exact) mass is 248 g/mol. The lowest BCUT2D eigenvalue weighted by atomic mass is 10.1. The minimum Gasteiger partial charge on any atom is -0.443 e. The van der Waals surface area contributed by atoms with Crippen molar-refractivity contribution in [2.45, 2.75) is 25.0 Å². The fraction of sp³-hybridized carbons (Fsp3) is 0.889. The van der Waals surface area contributed by atoms with Crippen LogP contribution in [-0.4, -0.2) is 56.2 Å². The van der Waals surface area contributed by atoms with E-state index in [-0.39, 0.29) is 30.2 Å². The Morgan fingerprint density at radius 3 is 2.81 bits per heavy atom. The number of hydrogen-bond acceptors (Lipinski definition) is 5. The first-order chi connectivity index (χ1) is 7.52. The molecule has 1 amide bonds. The van der Waals surface area contributed by atoms with Gasteiger partial charge in [0.05, 0.1) is 18.1 Å². The summed E-state index contributed by atoms with van der Waals surface area (Å²) in [6, 6.07) is -0.234. The van der Waals surface area contributed by atoms with Crippen molar-refractivity contribution in [3.05, 3.63) is 0 Å². The molecule has 6 nitrogen and oxygen atoms in total. The van der Waals surface area contributed by atoms with Gasteiger partial charge in [0.1, 0.15) is 6.10 Å². The van der Waals surface area contributed by atoms with Crippen LogP contribution in [-0.2, 0) is 14.6 Å². The molecule has 0 aromatic rings. The largest absolute Gasteiger partial charge is 0.443 e. The zero-order valence-electron chi connectivity index (χ0n) is 8.96. The molecule has 0 aromatic carbocycles. The standard InChI is InChI=1S/C9H16N2O4S/c10-4-8-5-11(9(12)15-8)7-2-1-3-16(13,14)6-7/h7-8H,1-6,10H2/t7?,8-/m0/s1. The van der Waals surface area contributed by atoms with Gasteiger partial charge in [-0.2, -0.15) is 0 Å². The molecule has 0 spiro atoms. The van der Waals surface area contributed by atoms with E-state index in [1.54, 1.807) is 0 Å². The van der Waals surface area contributed by atoms with Crippen molar-refractivity contribution in [2.24, 2.45) is 5.73 Å². The molecular weight excluding hydrogens is 232 g/mol. The summed E-state index contributed by atoms with van der Waals surface area (Å²) in [5.41, 5.74) is 5.42. The molecule has 0 bridgehead atoms. The summed E-state index contributed by atoms with van der Waals surface area (Å²) in [5.74, 6) is 0.284. The molecule has 0 aliphatic carbocycles. The van der Waals surface area contributed by atoms with E-state index in [4.69, 9.17) is 10.5 Å². The SMILES string of the molecule is NC[C@H]1CN(C2CCCS(=O)(=O)C2)C(=O)O1. The highest BCUT2D eigenvalue weighted by Crippen LogP contribution is 2.22. The maximum absolute atomic E-state index is 11.5. The molecule has 0 radical (unpaired) electrons. The Hall–Kier alpha value is -0.820. The number of nitrogens with two attached hydrogens (primary N) is 1. The molecule has 92 valence electrons. The summed E-state index contributed by atoms with van der Waals surface area (Å²) in [6.07, 6.45) is 0.616. The van der Waals surface area contributed by atoms with Gasteiger partial charge >= 0.3 is 6.09 Å². The zero-order chi connectivity index (χ0) is 11.8. The Labute approximate surface area is 94.6 Å². The molecule has 2 heterocycles. The van der Waals surface area contributed by atoms with Crippen LogP contribution in [0.25, 0.3) is 0 Å². The molecule has 2 rings (SSSR count). The van der Waals surface area contributed by atoms with Gasteiger partial charge in [0.25, 0.3) is 0 Å². The van der Waals surface area contributed by atoms with Crippen molar-refractivity contribution in [2.75, 3.05) is 24.6 Å². The van der Waals surface area contributed by atoms with E-state index in [1.807, 2.05) is 0 Å². The van der Waals surface area contributed by atoms with Crippen molar-refractivity contribution >= 4 is 15.9 Å². The van der Waals surface area contributed by atoms with Crippen LogP contribution in [0.4, 0.5) is 4.79 Å². The van der Waals surface area contributed by atoms with E-state index in [0.29, 0.717) is 13.0 Å². The first-order valence-corrected chi connectivity index (χ1v) is 7.22. The molecule has 0 aromatic heterocycles. The minimum absolute atomic E-state index is 0.0550. The fourth-order valence-electron chi connectivity index (χ4n) is 2.21. The van der Waals surface area contributed by atoms with Crippen LogP contribution < -0.4 is 5.73 Å². The second-order valence-electron chi connectivity index (χ2n) is 4.30. The summed E-state index contributed by atoms with van der Waals surface area (Å²) >= 11 is 0. The maximum Gasteiger partial charge on any atom is 0.410 e. The smallest absolute Gasteiger partial charge is 0.410 e.